The van der Waals surface area contributed by atoms with Gasteiger partial charge in [-0.1, -0.05) is 27.7 Å². The molecule has 43 heavy (non-hydrogen) atoms. The van der Waals surface area contributed by atoms with E-state index in [-0.39, 0.29) is 6.61 Å². The molecule has 0 aliphatic carbocycles. The van der Waals surface area contributed by atoms with E-state index in [2.05, 4.69) is 43.2 Å². The van der Waals surface area contributed by atoms with E-state index in [0.29, 0.717) is 52.9 Å². The number of pyridine rings is 1. The highest BCUT2D eigenvalue weighted by Gasteiger charge is 2.20. The van der Waals surface area contributed by atoms with Crippen LogP contribution in [-0.2, 0) is 11.3 Å². The Labute approximate surface area is 256 Å². The van der Waals surface area contributed by atoms with Gasteiger partial charge in [-0.15, -0.1) is 0 Å². The minimum absolute atomic E-state index is 0.133. The highest BCUT2D eigenvalue weighted by Crippen LogP contribution is 2.40. The molecule has 0 spiro atoms. The second-order valence-corrected chi connectivity index (χ2v) is 12.5. The van der Waals surface area contributed by atoms with Crippen LogP contribution >= 0.6 is 0 Å². The maximum atomic E-state index is 12.4. The van der Waals surface area contributed by atoms with Gasteiger partial charge in [-0.2, -0.15) is 0 Å². The lowest BCUT2D eigenvalue weighted by molar-refractivity contribution is 0.134. The van der Waals surface area contributed by atoms with Crippen molar-refractivity contribution in [2.75, 3.05) is 51.2 Å². The smallest absolute Gasteiger partial charge is 0.407 e. The summed E-state index contributed by atoms with van der Waals surface area (Å²) in [6.45, 7) is 17.0. The van der Waals surface area contributed by atoms with Gasteiger partial charge in [0.25, 0.3) is 0 Å². The highest BCUT2D eigenvalue weighted by atomic mass is 16.5. The van der Waals surface area contributed by atoms with E-state index >= 15 is 0 Å². The molecule has 0 aliphatic heterocycles. The van der Waals surface area contributed by atoms with Crippen molar-refractivity contribution in [3.8, 4) is 17.2 Å². The van der Waals surface area contributed by atoms with E-state index in [0.717, 1.165) is 37.3 Å². The number of imidazole rings is 1. The molecule has 0 radical (unpaired) electrons. The molecule has 238 valence electrons. The van der Waals surface area contributed by atoms with Crippen molar-refractivity contribution in [2.45, 2.75) is 73.4 Å². The lowest BCUT2D eigenvalue weighted by Gasteiger charge is -2.25. The number of nitrogens with zero attached hydrogens (tertiary/aromatic N) is 4. The number of carbonyl (C=O) groups is 1. The number of hydrogen-bond donors (Lipinski definition) is 2. The van der Waals surface area contributed by atoms with E-state index in [9.17, 15) is 4.79 Å². The summed E-state index contributed by atoms with van der Waals surface area (Å²) in [5.74, 6) is 4.14. The van der Waals surface area contributed by atoms with Gasteiger partial charge in [0, 0.05) is 36.4 Å². The molecule has 0 bridgehead atoms. The van der Waals surface area contributed by atoms with E-state index in [4.69, 9.17) is 28.9 Å². The molecule has 0 fully saturated rings. The molecule has 2 N–H and O–H groups in total. The second kappa shape index (κ2) is 15.0. The summed E-state index contributed by atoms with van der Waals surface area (Å²) >= 11 is 0. The molecule has 1 amide bonds. The van der Waals surface area contributed by atoms with Crippen LogP contribution in [-0.4, -0.2) is 67.2 Å². The number of alkyl carbamates (subject to hydrolysis) is 1. The predicted molar refractivity (Wildman–Crippen MR) is 172 cm³/mol. The van der Waals surface area contributed by atoms with Crippen molar-refractivity contribution in [3.05, 3.63) is 24.3 Å². The fourth-order valence-corrected chi connectivity index (χ4v) is 4.50. The molecule has 1 aromatic carbocycles. The van der Waals surface area contributed by atoms with Gasteiger partial charge >= 0.3 is 6.09 Å². The topological polar surface area (TPSA) is 112 Å². The zero-order chi connectivity index (χ0) is 31.7. The Morgan fingerprint density at radius 3 is 2.05 bits per heavy atom. The summed E-state index contributed by atoms with van der Waals surface area (Å²) in [6, 6.07) is 7.67. The quantitative estimate of drug-likeness (QED) is 0.199. The first-order valence-electron chi connectivity index (χ1n) is 15.0. The fourth-order valence-electron chi connectivity index (χ4n) is 4.50. The number of fused-ring (bicyclic) bond motifs is 1. The molecule has 11 heteroatoms. The number of aromatic nitrogens is 3. The normalized spacial score (nSPS) is 11.6. The lowest BCUT2D eigenvalue weighted by atomic mass is 10.1. The third kappa shape index (κ3) is 9.56. The van der Waals surface area contributed by atoms with Gasteiger partial charge in [-0.25, -0.2) is 14.8 Å². The van der Waals surface area contributed by atoms with Crippen molar-refractivity contribution in [1.29, 1.82) is 0 Å². The Kier molecular flexibility index (Phi) is 11.7. The van der Waals surface area contributed by atoms with E-state index in [1.165, 1.54) is 0 Å². The zero-order valence-corrected chi connectivity index (χ0v) is 27.5. The molecular weight excluding hydrogens is 548 g/mol. The first-order valence-corrected chi connectivity index (χ1v) is 15.0. The number of rotatable bonds is 15. The van der Waals surface area contributed by atoms with Crippen LogP contribution in [0, 0.1) is 11.8 Å². The maximum absolute atomic E-state index is 12.4. The third-order valence-corrected chi connectivity index (χ3v) is 6.80. The van der Waals surface area contributed by atoms with Gasteiger partial charge in [0.05, 0.1) is 27.9 Å². The van der Waals surface area contributed by atoms with Crippen LogP contribution in [0.1, 0.15) is 61.3 Å². The standard InChI is InChI=1S/C32H50N6O5/c1-21(2)13-15-37(16-14-22(3)4)27-12-11-24-29(35-27)38(17-18-43-31(39)36-32(5,6)7)30(34-24)33-23-19-25(40-8)28(42-10)26(20-23)41-9/h11-12,19-22H,13-18H2,1-10H3,(H,33,34)(H,36,39). The number of benzene rings is 1. The van der Waals surface area contributed by atoms with Gasteiger partial charge in [-0.05, 0) is 57.6 Å². The maximum Gasteiger partial charge on any atom is 0.407 e. The molecule has 0 saturated carbocycles. The monoisotopic (exact) mass is 598 g/mol. The largest absolute Gasteiger partial charge is 0.493 e. The summed E-state index contributed by atoms with van der Waals surface area (Å²) in [4.78, 5) is 24.7. The molecule has 3 rings (SSSR count). The van der Waals surface area contributed by atoms with Crippen molar-refractivity contribution < 1.29 is 23.7 Å². The SMILES string of the molecule is COc1cc(Nc2nc3ccc(N(CCC(C)C)CCC(C)C)nc3n2CCOC(=O)NC(C)(C)C)cc(OC)c1OC. The molecule has 0 unspecified atom stereocenters. The second-order valence-electron chi connectivity index (χ2n) is 12.5. The summed E-state index contributed by atoms with van der Waals surface area (Å²) in [7, 11) is 4.72. The number of amides is 1. The number of ether oxygens (including phenoxy) is 4. The van der Waals surface area contributed by atoms with Crippen molar-refractivity contribution in [1.82, 2.24) is 19.9 Å². The summed E-state index contributed by atoms with van der Waals surface area (Å²) < 4.78 is 24.0. The number of carbonyl (C=O) groups excluding carboxylic acids is 1. The van der Waals surface area contributed by atoms with Crippen molar-refractivity contribution in [2.24, 2.45) is 11.8 Å². The molecule has 3 aromatic rings. The van der Waals surface area contributed by atoms with Crippen LogP contribution in [0.3, 0.4) is 0 Å². The van der Waals surface area contributed by atoms with Gasteiger partial charge in [-0.3, -0.25) is 4.57 Å². The Hall–Kier alpha value is -3.89. The minimum Gasteiger partial charge on any atom is -0.493 e. The van der Waals surface area contributed by atoms with Crippen LogP contribution in [0.2, 0.25) is 0 Å². The Balaban J connectivity index is 2.02. The summed E-state index contributed by atoms with van der Waals surface area (Å²) in [6.07, 6.45) is 1.67. The van der Waals surface area contributed by atoms with Gasteiger partial charge in [0.1, 0.15) is 17.9 Å². The molecular formula is C32H50N6O5. The van der Waals surface area contributed by atoms with E-state index in [1.54, 1.807) is 21.3 Å². The Morgan fingerprint density at radius 1 is 0.930 bits per heavy atom. The number of hydrogen-bond acceptors (Lipinski definition) is 9. The van der Waals surface area contributed by atoms with E-state index < -0.39 is 11.6 Å². The third-order valence-electron chi connectivity index (χ3n) is 6.80. The number of methoxy groups -OCH3 is 3. The zero-order valence-electron chi connectivity index (χ0n) is 27.5. The average molecular weight is 599 g/mol. The molecule has 2 aromatic heterocycles. The highest BCUT2D eigenvalue weighted by molar-refractivity contribution is 5.78. The number of nitrogens with one attached hydrogen (secondary N) is 2. The molecule has 11 nitrogen and oxygen atoms in total. The van der Waals surface area contributed by atoms with Crippen LogP contribution in [0.15, 0.2) is 24.3 Å². The van der Waals surface area contributed by atoms with Crippen LogP contribution < -0.4 is 29.7 Å². The molecule has 2 heterocycles. The minimum atomic E-state index is -0.474. The van der Waals surface area contributed by atoms with Crippen LogP contribution in [0.5, 0.6) is 17.2 Å². The van der Waals surface area contributed by atoms with Gasteiger partial charge in [0.2, 0.25) is 11.7 Å². The first kappa shape index (κ1) is 33.6. The Bertz CT molecular complexity index is 1310. The van der Waals surface area contributed by atoms with Crippen LogP contribution in [0.4, 0.5) is 22.2 Å². The van der Waals surface area contributed by atoms with Gasteiger partial charge in [0.15, 0.2) is 17.1 Å². The van der Waals surface area contributed by atoms with Crippen molar-refractivity contribution >= 4 is 34.7 Å². The summed E-state index contributed by atoms with van der Waals surface area (Å²) in [5, 5.41) is 6.23. The van der Waals surface area contributed by atoms with Gasteiger partial charge < -0.3 is 34.5 Å². The first-order chi connectivity index (χ1) is 20.3. The predicted octanol–water partition coefficient (Wildman–Crippen LogP) is 6.62. The summed E-state index contributed by atoms with van der Waals surface area (Å²) in [5.41, 5.74) is 1.72. The van der Waals surface area contributed by atoms with Crippen LogP contribution in [0.25, 0.3) is 11.2 Å². The molecule has 0 saturated heterocycles. The van der Waals surface area contributed by atoms with Crippen molar-refractivity contribution in [3.63, 3.8) is 0 Å². The molecule has 0 atom stereocenters. The number of anilines is 3. The lowest BCUT2D eigenvalue weighted by Crippen LogP contribution is -2.41. The van der Waals surface area contributed by atoms with E-state index in [1.807, 2.05) is 49.6 Å². The molecule has 0 aliphatic rings. The fraction of sp³-hybridized carbons (Fsp3) is 0.594. The Morgan fingerprint density at radius 2 is 1.53 bits per heavy atom. The average Bonchev–Trinajstić information content (AvgIpc) is 3.27.